The van der Waals surface area contributed by atoms with Crippen LogP contribution < -0.4 is 104 Å². The maximum absolute atomic E-state index is 11.6. The number of hydrogen-bond acceptors (Lipinski definition) is 22. The molecule has 0 radical (unpaired) electrons. The molecule has 5 atom stereocenters. The van der Waals surface area contributed by atoms with Crippen LogP contribution in [-0.2, 0) is 59.4 Å². The van der Waals surface area contributed by atoms with Crippen molar-refractivity contribution in [3.05, 3.63) is 366 Å². The first-order valence-electron chi connectivity index (χ1n) is 44.9. The Labute approximate surface area is 860 Å². The zero-order chi connectivity index (χ0) is 102. The van der Waals surface area contributed by atoms with Gasteiger partial charge in [-0.15, -0.1) is 0 Å². The van der Waals surface area contributed by atoms with Gasteiger partial charge < -0.3 is 56.1 Å². The maximum Gasteiger partial charge on any atom is 0.514 e. The zero-order valence-electron chi connectivity index (χ0n) is 80.9. The summed E-state index contributed by atoms with van der Waals surface area (Å²) in [4.78, 5) is 22.3. The first-order valence-corrected chi connectivity index (χ1v) is 59.1. The minimum absolute atomic E-state index is 0.0570. The average Bonchev–Trinajstić information content (AvgIpc) is 0.853. The summed E-state index contributed by atoms with van der Waals surface area (Å²) >= 11 is -0.550. The van der Waals surface area contributed by atoms with E-state index in [9.17, 15) is 61.5 Å². The van der Waals surface area contributed by atoms with Gasteiger partial charge in [0.2, 0.25) is 6.79 Å². The monoisotopic (exact) mass is 2410 g/mol. The first-order chi connectivity index (χ1) is 65.1. The van der Waals surface area contributed by atoms with Crippen molar-refractivity contribution in [1.82, 2.24) is 0 Å². The Morgan fingerprint density at radius 2 is 0.580 bits per heavy atom. The molecule has 1 fully saturated rings. The largest absolute Gasteiger partial charge is 0.744 e. The van der Waals surface area contributed by atoms with Gasteiger partial charge in [-0.25, -0.2) is 43.3 Å². The molecule has 22 nitrogen and oxygen atoms in total. The van der Waals surface area contributed by atoms with Gasteiger partial charge in [0.1, 0.15) is 80.3 Å². The highest BCUT2D eigenvalue weighted by Gasteiger charge is 2.24. The molecule has 1 heterocycles. The van der Waals surface area contributed by atoms with Crippen molar-refractivity contribution in [3.63, 3.8) is 0 Å². The molecule has 0 spiro atoms. The summed E-state index contributed by atoms with van der Waals surface area (Å²) in [6.07, 6.45) is 5.84. The van der Waals surface area contributed by atoms with Crippen molar-refractivity contribution in [2.24, 2.45) is 0 Å². The lowest BCUT2D eigenvalue weighted by atomic mass is 9.99. The van der Waals surface area contributed by atoms with Crippen molar-refractivity contribution < 1.29 is 184 Å². The summed E-state index contributed by atoms with van der Waals surface area (Å²) in [5.41, 5.74) is 2.98. The summed E-state index contributed by atoms with van der Waals surface area (Å²) in [5, 5.41) is 0. The van der Waals surface area contributed by atoms with Gasteiger partial charge in [0, 0.05) is 6.42 Å². The Bertz CT molecular complexity index is 5700. The van der Waals surface area contributed by atoms with E-state index in [1.807, 2.05) is 81.4 Å². The fourth-order valence-corrected chi connectivity index (χ4v) is 22.3. The molecule has 1 aliphatic heterocycles. The first kappa shape index (κ1) is 118. The minimum Gasteiger partial charge on any atom is -0.744 e. The highest BCUT2D eigenvalue weighted by Crippen LogP contribution is 2.27. The van der Waals surface area contributed by atoms with Crippen LogP contribution >= 0.6 is 0 Å². The number of rotatable bonds is 27. The van der Waals surface area contributed by atoms with Crippen LogP contribution in [0.5, 0.6) is 23.0 Å². The van der Waals surface area contributed by atoms with Crippen LogP contribution in [0, 0.1) is 28.6 Å². The van der Waals surface area contributed by atoms with Crippen LogP contribution in [0.3, 0.4) is 0 Å². The number of benzene rings is 12. The quantitative estimate of drug-likeness (QED) is 0.0152. The van der Waals surface area contributed by atoms with Gasteiger partial charge in [0.25, 0.3) is 0 Å². The molecule has 1 aliphatic rings. The fourth-order valence-electron chi connectivity index (χ4n) is 11.6. The van der Waals surface area contributed by atoms with Crippen molar-refractivity contribution in [2.75, 3.05) is 13.4 Å². The predicted octanol–water partition coefficient (Wildman–Crippen LogP) is 12.4. The molecule has 0 N–H and O–H groups in total. The van der Waals surface area contributed by atoms with E-state index in [0.29, 0.717) is 35.2 Å². The summed E-state index contributed by atoms with van der Waals surface area (Å²) in [7, 11) is -17.2. The van der Waals surface area contributed by atoms with Crippen LogP contribution in [0.4, 0.5) is 9.59 Å². The highest BCUT2D eigenvalue weighted by atomic mass is 127. The van der Waals surface area contributed by atoms with E-state index in [1.54, 1.807) is 69.3 Å². The Hall–Kier alpha value is -8.90. The van der Waals surface area contributed by atoms with E-state index >= 15 is 0 Å². The van der Waals surface area contributed by atoms with Crippen LogP contribution in [0.25, 0.3) is 0 Å². The molecule has 0 bridgehead atoms. The normalized spacial score (nSPS) is 13.3. The highest BCUT2D eigenvalue weighted by molar-refractivity contribution is 7.86. The third kappa shape index (κ3) is 48.5. The van der Waals surface area contributed by atoms with E-state index < -0.39 is 64.0 Å². The lowest BCUT2D eigenvalue weighted by Gasteiger charge is -2.23. The number of ether oxygens (including phenoxy) is 8. The van der Waals surface area contributed by atoms with E-state index in [4.69, 9.17) is 37.9 Å². The SMILES string of the molecule is CC(C)(C)OC(=O)OCOc1ccc([I+]c2ccccc2)cc1.CC(C)(C)OC(=O)Oc1ccc([I+]c2ccccc2)cc1.CC(C)(C)Oc1ccc([I+]c2ccccc2)cc1.CCC(C)c1ccc(S(=O)(=O)[O-])cc1.CCC(C)c1ccc(S(=O)(=O)[O-])cc1.CCC(C)c1ccc(S(=O)(=O)[O-])cc1.CCC(C)c1ccc(S(=O)(=O)[O-])cc1.c1ccc([I+]c2ccc(OC3CCCCO3)cc2)cc1. The van der Waals surface area contributed by atoms with Gasteiger partial charge in [-0.2, -0.15) is 0 Å². The lowest BCUT2D eigenvalue weighted by Crippen LogP contribution is -3.61. The van der Waals surface area contributed by atoms with Gasteiger partial charge in [0.15, 0.2) is 34.9 Å². The van der Waals surface area contributed by atoms with Crippen LogP contribution in [0.1, 0.15) is 209 Å². The average molecular weight is 2410 g/mol. The molecule has 0 amide bonds. The Kier molecular flexibility index (Phi) is 50.5. The molecule has 13 rings (SSSR count). The van der Waals surface area contributed by atoms with Gasteiger partial charge in [-0.05, 0) is 341 Å². The van der Waals surface area contributed by atoms with E-state index in [2.05, 4.69) is 234 Å². The van der Waals surface area contributed by atoms with Crippen molar-refractivity contribution >= 4 is 52.8 Å². The number of carbonyl (C=O) groups is 2. The molecule has 742 valence electrons. The molecule has 30 heteroatoms. The maximum atomic E-state index is 11.6. The van der Waals surface area contributed by atoms with Crippen molar-refractivity contribution in [3.8, 4) is 23.0 Å². The van der Waals surface area contributed by atoms with Gasteiger partial charge in [0.05, 0.1) is 26.2 Å². The Morgan fingerprint density at radius 1 is 0.326 bits per heavy atom. The van der Waals surface area contributed by atoms with Gasteiger partial charge >= 0.3 is 97.1 Å². The molecule has 1 saturated heterocycles. The van der Waals surface area contributed by atoms with Gasteiger partial charge in [-0.3, -0.25) is 0 Å². The minimum atomic E-state index is -4.30. The second-order valence-corrected chi connectivity index (χ2v) is 51.9. The molecular weight excluding hydrogens is 2290 g/mol. The number of carbonyl (C=O) groups excluding carboxylic acids is 2. The van der Waals surface area contributed by atoms with E-state index in [1.165, 1.54) is 83.5 Å². The lowest BCUT2D eigenvalue weighted by molar-refractivity contribution is -0.597. The molecule has 138 heavy (non-hydrogen) atoms. The molecular formula is C108H126I4O22S4. The van der Waals surface area contributed by atoms with Crippen LogP contribution in [-0.4, -0.2) is 101 Å². The second kappa shape index (κ2) is 59.1. The predicted molar refractivity (Wildman–Crippen MR) is 518 cm³/mol. The standard InChI is InChI=1S/C18H20IO4.C17H18IO3.C17H18IO2.C16H18IO.4C10H14O3S/c1-18(2,3)23-17(20)22-13-21-16-11-9-15(10-12-16)19-14-7-5-4-6-8-14;1-17(2,3)21-16(19)20-15-11-9-14(10-12-15)18-13-7-5-4-6-8-13;1-2-6-14(7-3-1)18-15-9-11-16(12-10-15)20-17-8-4-5-13-19-17;1-16(2,3)18-15-11-9-14(10-12-15)17-13-7-5-4-6-8-13;4*1-3-8(2)9-4-6-10(7-5-9)14(11,12)13/h4-12H,13H2,1-3H3;4-12H,1-3H3;1-3,6-7,9-12,17H,4-5,8,13H2;4-12H,1-3H3;4*4-8H,3H2,1-2H3,(H,11,12,13)/q4*+1;;;;/p-4. The van der Waals surface area contributed by atoms with Crippen LogP contribution in [0.2, 0.25) is 0 Å². The van der Waals surface area contributed by atoms with Gasteiger partial charge in [-0.1, -0.05) is 177 Å². The van der Waals surface area contributed by atoms with E-state index in [-0.39, 0.29) is 123 Å². The third-order valence-electron chi connectivity index (χ3n) is 19.7. The molecule has 0 aliphatic carbocycles. The second-order valence-electron chi connectivity index (χ2n) is 34.3. The van der Waals surface area contributed by atoms with Crippen molar-refractivity contribution in [2.45, 2.75) is 229 Å². The Morgan fingerprint density at radius 3 is 0.826 bits per heavy atom. The number of halogens is 4. The molecule has 12 aromatic rings. The summed E-state index contributed by atoms with van der Waals surface area (Å²) in [6.45, 7) is 34.1. The number of hydrogen-bond donors (Lipinski definition) is 0. The van der Waals surface area contributed by atoms with Crippen molar-refractivity contribution in [1.29, 1.82) is 0 Å². The molecule has 0 aromatic heterocycles. The fraction of sp³-hybridized carbons (Fsp3) is 0.315. The Balaban J connectivity index is 0.000000244. The zero-order valence-corrected chi connectivity index (χ0v) is 92.8. The smallest absolute Gasteiger partial charge is 0.514 e. The molecule has 5 unspecified atom stereocenters. The molecule has 12 aromatic carbocycles. The van der Waals surface area contributed by atoms with Crippen LogP contribution in [0.15, 0.2) is 335 Å². The summed E-state index contributed by atoms with van der Waals surface area (Å²) < 4.78 is 181. The van der Waals surface area contributed by atoms with E-state index in [0.717, 1.165) is 78.9 Å². The summed E-state index contributed by atoms with van der Waals surface area (Å²) in [6, 6.07) is 99.1. The third-order valence-corrected chi connectivity index (χ3v) is 33.8. The summed E-state index contributed by atoms with van der Waals surface area (Å²) in [5.74, 6) is 4.58. The molecule has 0 saturated carbocycles. The topological polar surface area (TPSA) is 337 Å².